The molecule has 9 nitrogen and oxygen atoms in total. The first-order chi connectivity index (χ1) is 16.5. The highest BCUT2D eigenvalue weighted by atomic mass is 32.2. The van der Waals surface area contributed by atoms with Crippen molar-refractivity contribution in [1.29, 1.82) is 0 Å². The number of amides is 1. The minimum absolute atomic E-state index is 0.0660. The molecule has 2 aromatic heterocycles. The molecule has 1 aliphatic heterocycles. The number of hydrogen-bond acceptors (Lipinski definition) is 8. The van der Waals surface area contributed by atoms with E-state index in [1.807, 2.05) is 23.0 Å². The van der Waals surface area contributed by atoms with Gasteiger partial charge in [0, 0.05) is 31.0 Å². The van der Waals surface area contributed by atoms with Crippen LogP contribution < -0.4 is 19.7 Å². The standard InChI is InChI=1S/C24H32N6O3S/c1-17(2)34-24-27-22(29-11-5-4-6-12-29)20-15-26-30(23(20)28-24)13-10-25-21(31)16-33-19-9-7-8-18(14-19)32-3/h7-9,14-15,17H,4-6,10-13,16H2,1-3H3,(H,25,31). The van der Waals surface area contributed by atoms with Crippen molar-refractivity contribution in [3.05, 3.63) is 30.5 Å². The third kappa shape index (κ3) is 6.11. The van der Waals surface area contributed by atoms with E-state index in [2.05, 4.69) is 29.2 Å². The van der Waals surface area contributed by atoms with Gasteiger partial charge in [-0.3, -0.25) is 4.79 Å². The summed E-state index contributed by atoms with van der Waals surface area (Å²) in [6, 6.07) is 7.18. The highest BCUT2D eigenvalue weighted by Crippen LogP contribution is 2.30. The number of aromatic nitrogens is 4. The van der Waals surface area contributed by atoms with Gasteiger partial charge < -0.3 is 19.7 Å². The van der Waals surface area contributed by atoms with Crippen molar-refractivity contribution in [1.82, 2.24) is 25.1 Å². The number of hydrogen-bond donors (Lipinski definition) is 1. The van der Waals surface area contributed by atoms with E-state index in [4.69, 9.17) is 19.4 Å². The van der Waals surface area contributed by atoms with Crippen LogP contribution in [0.1, 0.15) is 33.1 Å². The first-order valence-corrected chi connectivity index (χ1v) is 12.6. The average Bonchev–Trinajstić information content (AvgIpc) is 3.25. The van der Waals surface area contributed by atoms with Gasteiger partial charge in [-0.15, -0.1) is 0 Å². The molecule has 182 valence electrons. The van der Waals surface area contributed by atoms with Crippen LogP contribution in [-0.2, 0) is 11.3 Å². The van der Waals surface area contributed by atoms with E-state index in [0.717, 1.165) is 35.1 Å². The van der Waals surface area contributed by atoms with Gasteiger partial charge in [0.05, 0.1) is 25.2 Å². The molecule has 0 saturated carbocycles. The van der Waals surface area contributed by atoms with Gasteiger partial charge in [0.25, 0.3) is 5.91 Å². The van der Waals surface area contributed by atoms with E-state index in [9.17, 15) is 4.79 Å². The Labute approximate surface area is 204 Å². The zero-order valence-corrected chi connectivity index (χ0v) is 20.8. The van der Waals surface area contributed by atoms with Crippen LogP contribution in [0.4, 0.5) is 5.82 Å². The monoisotopic (exact) mass is 484 g/mol. The molecule has 0 unspecified atom stereocenters. The van der Waals surface area contributed by atoms with Crippen molar-refractivity contribution in [2.24, 2.45) is 0 Å². The van der Waals surface area contributed by atoms with Gasteiger partial charge in [-0.25, -0.2) is 14.6 Å². The highest BCUT2D eigenvalue weighted by molar-refractivity contribution is 7.99. The number of methoxy groups -OCH3 is 1. The minimum Gasteiger partial charge on any atom is -0.497 e. The first-order valence-electron chi connectivity index (χ1n) is 11.7. The van der Waals surface area contributed by atoms with Crippen LogP contribution in [0.2, 0.25) is 0 Å². The number of piperidine rings is 1. The second-order valence-electron chi connectivity index (χ2n) is 8.47. The van der Waals surface area contributed by atoms with Crippen molar-refractivity contribution in [3.63, 3.8) is 0 Å². The van der Waals surface area contributed by atoms with Crippen molar-refractivity contribution in [2.75, 3.05) is 38.3 Å². The van der Waals surface area contributed by atoms with Gasteiger partial charge in [-0.2, -0.15) is 5.10 Å². The van der Waals surface area contributed by atoms with Crippen molar-refractivity contribution in [3.8, 4) is 11.5 Å². The van der Waals surface area contributed by atoms with E-state index in [1.54, 1.807) is 31.0 Å². The number of thioether (sulfide) groups is 1. The number of ether oxygens (including phenoxy) is 2. The summed E-state index contributed by atoms with van der Waals surface area (Å²) in [6.45, 7) is 7.16. The summed E-state index contributed by atoms with van der Waals surface area (Å²) in [5, 5.41) is 9.56. The summed E-state index contributed by atoms with van der Waals surface area (Å²) in [6.07, 6.45) is 5.46. The van der Waals surface area contributed by atoms with Crippen LogP contribution in [0.25, 0.3) is 11.0 Å². The maximum absolute atomic E-state index is 12.3. The SMILES string of the molecule is COc1cccc(OCC(=O)NCCn2ncc3c(N4CCCCC4)nc(SC(C)C)nc32)c1. The molecule has 0 radical (unpaired) electrons. The predicted molar refractivity (Wildman–Crippen MR) is 134 cm³/mol. The molecular formula is C24H32N6O3S. The smallest absolute Gasteiger partial charge is 0.258 e. The Hall–Kier alpha value is -3.01. The molecule has 1 amide bonds. The van der Waals surface area contributed by atoms with Crippen LogP contribution in [0.5, 0.6) is 11.5 Å². The molecule has 34 heavy (non-hydrogen) atoms. The molecule has 4 rings (SSSR count). The van der Waals surface area contributed by atoms with Gasteiger partial charge in [0.2, 0.25) is 0 Å². The number of benzene rings is 1. The van der Waals surface area contributed by atoms with Gasteiger partial charge in [-0.1, -0.05) is 31.7 Å². The van der Waals surface area contributed by atoms with Crippen molar-refractivity contribution < 1.29 is 14.3 Å². The summed E-state index contributed by atoms with van der Waals surface area (Å²) >= 11 is 1.65. The fraction of sp³-hybridized carbons (Fsp3) is 0.500. The van der Waals surface area contributed by atoms with Crippen molar-refractivity contribution in [2.45, 2.75) is 50.1 Å². The van der Waals surface area contributed by atoms with E-state index in [-0.39, 0.29) is 12.5 Å². The van der Waals surface area contributed by atoms with Gasteiger partial charge in [0.1, 0.15) is 17.3 Å². The Morgan fingerprint density at radius 3 is 2.74 bits per heavy atom. The van der Waals surface area contributed by atoms with E-state index >= 15 is 0 Å². The molecule has 0 aliphatic carbocycles. The highest BCUT2D eigenvalue weighted by Gasteiger charge is 2.20. The summed E-state index contributed by atoms with van der Waals surface area (Å²) in [4.78, 5) is 24.3. The molecule has 1 saturated heterocycles. The quantitative estimate of drug-likeness (QED) is 0.345. The molecule has 1 aromatic carbocycles. The molecule has 3 aromatic rings. The Balaban J connectivity index is 1.40. The number of carbonyl (C=O) groups excluding carboxylic acids is 1. The zero-order chi connectivity index (χ0) is 23.9. The lowest BCUT2D eigenvalue weighted by Crippen LogP contribution is -2.32. The molecule has 1 aliphatic rings. The maximum Gasteiger partial charge on any atom is 0.258 e. The molecule has 3 heterocycles. The molecule has 1 N–H and O–H groups in total. The number of anilines is 1. The topological polar surface area (TPSA) is 94.4 Å². The number of nitrogens with zero attached hydrogens (tertiary/aromatic N) is 5. The third-order valence-corrected chi connectivity index (χ3v) is 6.37. The number of carbonyl (C=O) groups is 1. The van der Waals surface area contributed by atoms with Gasteiger partial charge >= 0.3 is 0 Å². The second kappa shape index (κ2) is 11.4. The van der Waals surface area contributed by atoms with Crippen LogP contribution >= 0.6 is 11.8 Å². The average molecular weight is 485 g/mol. The van der Waals surface area contributed by atoms with Crippen LogP contribution in [0, 0.1) is 0 Å². The third-order valence-electron chi connectivity index (χ3n) is 5.51. The molecular weight excluding hydrogens is 452 g/mol. The van der Waals surface area contributed by atoms with Crippen LogP contribution in [-0.4, -0.2) is 64.3 Å². The van der Waals surface area contributed by atoms with Crippen molar-refractivity contribution >= 4 is 34.5 Å². The fourth-order valence-corrected chi connectivity index (χ4v) is 4.59. The second-order valence-corrected chi connectivity index (χ2v) is 10.0. The normalized spacial score (nSPS) is 13.9. The lowest BCUT2D eigenvalue weighted by Gasteiger charge is -2.28. The first kappa shape index (κ1) is 24.1. The lowest BCUT2D eigenvalue weighted by molar-refractivity contribution is -0.123. The molecule has 10 heteroatoms. The summed E-state index contributed by atoms with van der Waals surface area (Å²) in [5.74, 6) is 2.04. The Bertz CT molecular complexity index is 1110. The zero-order valence-electron chi connectivity index (χ0n) is 20.0. The van der Waals surface area contributed by atoms with E-state index in [1.165, 1.54) is 19.3 Å². The number of fused-ring (bicyclic) bond motifs is 1. The molecule has 0 bridgehead atoms. The number of nitrogens with one attached hydrogen (secondary N) is 1. The predicted octanol–water partition coefficient (Wildman–Crippen LogP) is 3.52. The van der Waals surface area contributed by atoms with Gasteiger partial charge in [-0.05, 0) is 31.4 Å². The van der Waals surface area contributed by atoms with E-state index < -0.39 is 0 Å². The summed E-state index contributed by atoms with van der Waals surface area (Å²) in [7, 11) is 1.59. The Morgan fingerprint density at radius 2 is 1.97 bits per heavy atom. The summed E-state index contributed by atoms with van der Waals surface area (Å²) < 4.78 is 12.6. The largest absolute Gasteiger partial charge is 0.497 e. The minimum atomic E-state index is -0.195. The van der Waals surface area contributed by atoms with E-state index in [0.29, 0.717) is 29.8 Å². The van der Waals surface area contributed by atoms with Gasteiger partial charge in [0.15, 0.2) is 17.4 Å². The fourth-order valence-electron chi connectivity index (χ4n) is 3.89. The molecule has 1 fully saturated rings. The Morgan fingerprint density at radius 1 is 1.18 bits per heavy atom. The molecule has 0 atom stereocenters. The molecule has 0 spiro atoms. The maximum atomic E-state index is 12.3. The number of rotatable bonds is 10. The lowest BCUT2D eigenvalue weighted by atomic mass is 10.1. The summed E-state index contributed by atoms with van der Waals surface area (Å²) in [5.41, 5.74) is 0.806. The van der Waals surface area contributed by atoms with Crippen LogP contribution in [0.3, 0.4) is 0 Å². The Kier molecular flexibility index (Phi) is 8.10. The van der Waals surface area contributed by atoms with Crippen LogP contribution in [0.15, 0.2) is 35.6 Å².